The molecule has 2 heteroatoms. The van der Waals surface area contributed by atoms with Gasteiger partial charge in [0.25, 0.3) is 0 Å². The van der Waals surface area contributed by atoms with Gasteiger partial charge in [0, 0.05) is 14.8 Å². The van der Waals surface area contributed by atoms with Crippen molar-refractivity contribution in [2.75, 3.05) is 5.33 Å². The summed E-state index contributed by atoms with van der Waals surface area (Å²) in [6.07, 6.45) is 13.2. The van der Waals surface area contributed by atoms with Gasteiger partial charge in [-0.1, -0.05) is 86.3 Å². The van der Waals surface area contributed by atoms with Gasteiger partial charge in [-0.05, 0) is 6.42 Å². The Labute approximate surface area is 108 Å². The lowest BCUT2D eigenvalue weighted by Gasteiger charge is -2.01. The van der Waals surface area contributed by atoms with E-state index in [0.717, 1.165) is 0 Å². The number of unbranched alkanes of at least 4 members (excludes halogenated alkanes) is 7. The Morgan fingerprint density at radius 3 is 1.87 bits per heavy atom. The van der Waals surface area contributed by atoms with E-state index in [2.05, 4.69) is 22.9 Å². The van der Waals surface area contributed by atoms with Gasteiger partial charge in [-0.2, -0.15) is 0 Å². The van der Waals surface area contributed by atoms with Crippen molar-refractivity contribution in [3.63, 3.8) is 0 Å². The standard InChI is InChI=1S/C13H29BrSi/c1-2-3-4-5-6-9-12-15-13-10-7-8-11-14/h2-13,15H2,1H3. The van der Waals surface area contributed by atoms with Gasteiger partial charge in [0.1, 0.15) is 0 Å². The first kappa shape index (κ1) is 15.7. The summed E-state index contributed by atoms with van der Waals surface area (Å²) in [5.41, 5.74) is 0. The number of hydrogen-bond donors (Lipinski definition) is 0. The van der Waals surface area contributed by atoms with Crippen molar-refractivity contribution in [3.05, 3.63) is 0 Å². The molecule has 0 aliphatic heterocycles. The van der Waals surface area contributed by atoms with Crippen LogP contribution < -0.4 is 0 Å². The van der Waals surface area contributed by atoms with Gasteiger partial charge < -0.3 is 0 Å². The molecule has 0 aromatic rings. The van der Waals surface area contributed by atoms with Crippen molar-refractivity contribution in [1.82, 2.24) is 0 Å². The van der Waals surface area contributed by atoms with Crippen LogP contribution in [0.5, 0.6) is 0 Å². The molecule has 0 unspecified atom stereocenters. The van der Waals surface area contributed by atoms with E-state index in [1.54, 1.807) is 12.1 Å². The molecule has 0 saturated heterocycles. The summed E-state index contributed by atoms with van der Waals surface area (Å²) in [5, 5.41) is 1.20. The smallest absolute Gasteiger partial charge is 0.0197 e. The minimum atomic E-state index is 0.329. The van der Waals surface area contributed by atoms with Gasteiger partial charge in [0.15, 0.2) is 0 Å². The molecule has 0 fully saturated rings. The third kappa shape index (κ3) is 14.7. The molecule has 0 N–H and O–H groups in total. The SMILES string of the molecule is CCCCCCCC[SiH2]CCCCCBr. The summed E-state index contributed by atoms with van der Waals surface area (Å²) in [6, 6.07) is 3.21. The Bertz CT molecular complexity index is 94.7. The Hall–Kier alpha value is 0.697. The Morgan fingerprint density at radius 1 is 0.733 bits per heavy atom. The molecule has 0 aliphatic carbocycles. The zero-order chi connectivity index (χ0) is 11.2. The summed E-state index contributed by atoms with van der Waals surface area (Å²) >= 11 is 3.48. The molecule has 0 spiro atoms. The van der Waals surface area contributed by atoms with Crippen molar-refractivity contribution in [1.29, 1.82) is 0 Å². The number of alkyl halides is 1. The van der Waals surface area contributed by atoms with Gasteiger partial charge in [-0.15, -0.1) is 0 Å². The predicted octanol–water partition coefficient (Wildman–Crippen LogP) is 4.92. The highest BCUT2D eigenvalue weighted by Gasteiger charge is 1.93. The summed E-state index contributed by atoms with van der Waals surface area (Å²) in [5.74, 6) is 0. The third-order valence-corrected chi connectivity index (χ3v) is 5.55. The van der Waals surface area contributed by atoms with Crippen LogP contribution in [-0.4, -0.2) is 14.8 Å². The normalized spacial score (nSPS) is 11.6. The van der Waals surface area contributed by atoms with Crippen LogP contribution in [0.1, 0.15) is 64.7 Å². The topological polar surface area (TPSA) is 0 Å². The lowest BCUT2D eigenvalue weighted by molar-refractivity contribution is 0.623. The van der Waals surface area contributed by atoms with Gasteiger partial charge in [-0.25, -0.2) is 0 Å². The largest absolute Gasteiger partial charge is 0.0928 e. The highest BCUT2D eigenvalue weighted by Crippen LogP contribution is 2.09. The fourth-order valence-electron chi connectivity index (χ4n) is 1.94. The Morgan fingerprint density at radius 2 is 1.27 bits per heavy atom. The molecule has 0 nitrogen and oxygen atoms in total. The van der Waals surface area contributed by atoms with E-state index in [0.29, 0.717) is 9.52 Å². The average Bonchev–Trinajstić information content (AvgIpc) is 2.26. The molecular formula is C13H29BrSi. The van der Waals surface area contributed by atoms with Crippen molar-refractivity contribution in [2.45, 2.75) is 76.8 Å². The molecule has 0 saturated carbocycles. The van der Waals surface area contributed by atoms with Crippen LogP contribution in [0.4, 0.5) is 0 Å². The van der Waals surface area contributed by atoms with E-state index in [-0.39, 0.29) is 0 Å². The minimum absolute atomic E-state index is 0.329. The van der Waals surface area contributed by atoms with E-state index in [1.807, 2.05) is 0 Å². The highest BCUT2D eigenvalue weighted by atomic mass is 79.9. The molecule has 0 aromatic heterocycles. The molecule has 0 bridgehead atoms. The van der Waals surface area contributed by atoms with Crippen LogP contribution >= 0.6 is 15.9 Å². The van der Waals surface area contributed by atoms with Crippen molar-refractivity contribution in [2.24, 2.45) is 0 Å². The monoisotopic (exact) mass is 292 g/mol. The lowest BCUT2D eigenvalue weighted by atomic mass is 10.1. The van der Waals surface area contributed by atoms with Gasteiger partial charge >= 0.3 is 0 Å². The van der Waals surface area contributed by atoms with E-state index in [1.165, 1.54) is 63.1 Å². The average molecular weight is 293 g/mol. The van der Waals surface area contributed by atoms with Crippen LogP contribution in [0.2, 0.25) is 12.1 Å². The first-order chi connectivity index (χ1) is 7.41. The van der Waals surface area contributed by atoms with Crippen LogP contribution in [-0.2, 0) is 0 Å². The van der Waals surface area contributed by atoms with Crippen molar-refractivity contribution < 1.29 is 0 Å². The minimum Gasteiger partial charge on any atom is -0.0928 e. The van der Waals surface area contributed by atoms with E-state index >= 15 is 0 Å². The van der Waals surface area contributed by atoms with Crippen LogP contribution in [0.25, 0.3) is 0 Å². The Balaban J connectivity index is 2.81. The van der Waals surface area contributed by atoms with Gasteiger partial charge in [-0.3, -0.25) is 0 Å². The zero-order valence-corrected chi connectivity index (χ0v) is 13.6. The molecule has 92 valence electrons. The summed E-state index contributed by atoms with van der Waals surface area (Å²) in [7, 11) is 0.329. The second-order valence-electron chi connectivity index (χ2n) is 4.58. The molecular weight excluding hydrogens is 264 g/mol. The molecule has 0 heterocycles. The first-order valence-corrected chi connectivity index (χ1v) is 10.1. The first-order valence-electron chi connectivity index (χ1n) is 6.97. The number of hydrogen-bond acceptors (Lipinski definition) is 0. The van der Waals surface area contributed by atoms with E-state index in [4.69, 9.17) is 0 Å². The molecule has 0 radical (unpaired) electrons. The molecule has 0 rings (SSSR count). The second kappa shape index (κ2) is 14.7. The fourth-order valence-corrected chi connectivity index (χ4v) is 4.10. The second-order valence-corrected chi connectivity index (χ2v) is 7.49. The maximum atomic E-state index is 3.48. The summed E-state index contributed by atoms with van der Waals surface area (Å²) < 4.78 is 0. The Kier molecular flexibility index (Phi) is 15.4. The fraction of sp³-hybridized carbons (Fsp3) is 1.00. The quantitative estimate of drug-likeness (QED) is 0.272. The zero-order valence-electron chi connectivity index (χ0n) is 10.6. The van der Waals surface area contributed by atoms with Crippen LogP contribution in [0, 0.1) is 0 Å². The molecule has 0 aliphatic rings. The molecule has 0 aromatic carbocycles. The van der Waals surface area contributed by atoms with Crippen molar-refractivity contribution in [3.8, 4) is 0 Å². The maximum Gasteiger partial charge on any atom is 0.0197 e. The molecule has 15 heavy (non-hydrogen) atoms. The van der Waals surface area contributed by atoms with Gasteiger partial charge in [0.05, 0.1) is 0 Å². The van der Waals surface area contributed by atoms with E-state index < -0.39 is 0 Å². The van der Waals surface area contributed by atoms with Crippen LogP contribution in [0.15, 0.2) is 0 Å². The molecule has 0 amide bonds. The lowest BCUT2D eigenvalue weighted by Crippen LogP contribution is -1.90. The van der Waals surface area contributed by atoms with Gasteiger partial charge in [0.2, 0.25) is 0 Å². The highest BCUT2D eigenvalue weighted by molar-refractivity contribution is 9.09. The van der Waals surface area contributed by atoms with Crippen molar-refractivity contribution >= 4 is 25.4 Å². The number of halogens is 1. The number of rotatable bonds is 12. The predicted molar refractivity (Wildman–Crippen MR) is 79.2 cm³/mol. The maximum absolute atomic E-state index is 3.48. The molecule has 0 atom stereocenters. The van der Waals surface area contributed by atoms with Crippen LogP contribution in [0.3, 0.4) is 0 Å². The summed E-state index contributed by atoms with van der Waals surface area (Å²) in [4.78, 5) is 0. The summed E-state index contributed by atoms with van der Waals surface area (Å²) in [6.45, 7) is 2.29. The third-order valence-electron chi connectivity index (χ3n) is 2.99. The van der Waals surface area contributed by atoms with E-state index in [9.17, 15) is 0 Å².